The van der Waals surface area contributed by atoms with Crippen molar-refractivity contribution in [2.75, 3.05) is 0 Å². The van der Waals surface area contributed by atoms with Crippen LogP contribution in [0.2, 0.25) is 0 Å². The van der Waals surface area contributed by atoms with Gasteiger partial charge in [0.1, 0.15) is 28.8 Å². The third-order valence-corrected chi connectivity index (χ3v) is 5.85. The first kappa shape index (κ1) is 19.3. The number of ether oxygens (including phenoxy) is 1. The van der Waals surface area contributed by atoms with E-state index in [1.54, 1.807) is 48.1 Å². The number of nitrogens with one attached hydrogen (secondary N) is 1. The quantitative estimate of drug-likeness (QED) is 0.479. The summed E-state index contributed by atoms with van der Waals surface area (Å²) >= 11 is 0. The molecule has 1 fully saturated rings. The van der Waals surface area contributed by atoms with Crippen molar-refractivity contribution in [2.24, 2.45) is 0 Å². The number of rotatable bonds is 5. The molecule has 1 amide bonds. The maximum Gasteiger partial charge on any atom is 0.255 e. The number of hydrogen-bond acceptors (Lipinski definition) is 5. The summed E-state index contributed by atoms with van der Waals surface area (Å²) in [6, 6.07) is 6.49. The Balaban J connectivity index is 1.47. The van der Waals surface area contributed by atoms with Crippen molar-refractivity contribution in [3.05, 3.63) is 59.1 Å². The molecule has 0 aliphatic heterocycles. The number of amides is 1. The van der Waals surface area contributed by atoms with Crippen molar-refractivity contribution in [2.45, 2.75) is 38.9 Å². The lowest BCUT2D eigenvalue weighted by atomic mass is 9.90. The van der Waals surface area contributed by atoms with Crippen LogP contribution >= 0.6 is 0 Å². The van der Waals surface area contributed by atoms with Crippen LogP contribution in [0.5, 0.6) is 11.5 Å². The number of aromatic nitrogens is 2. The molecule has 5 rings (SSSR count). The topological polar surface area (TPSA) is 85.8 Å². The van der Waals surface area contributed by atoms with Crippen molar-refractivity contribution >= 4 is 28.7 Å². The summed E-state index contributed by atoms with van der Waals surface area (Å²) < 4.78 is 27.0. The summed E-state index contributed by atoms with van der Waals surface area (Å²) in [5.74, 6) is 1.18. The number of halogens is 1. The normalized spacial score (nSPS) is 18.2. The standard InChI is InChI=1S/C23H20FN3O4/c1-12-14(11-28)10-27-22(12)19(7-8-25-27)31-15-3-4-16-20(9-15)30-13(2)21(16)23(29)26-18-6-5-17(18)24/h3-4,7-11,17-18H,5-6H2,1-2H3,(H,26,29). The molecule has 4 aromatic rings. The van der Waals surface area contributed by atoms with Gasteiger partial charge < -0.3 is 14.5 Å². The highest BCUT2D eigenvalue weighted by Gasteiger charge is 2.33. The predicted molar refractivity (Wildman–Crippen MR) is 112 cm³/mol. The number of nitrogens with zero attached hydrogens (tertiary/aromatic N) is 2. The molecule has 3 heterocycles. The van der Waals surface area contributed by atoms with Crippen LogP contribution in [0.25, 0.3) is 16.5 Å². The van der Waals surface area contributed by atoms with Gasteiger partial charge in [-0.15, -0.1) is 0 Å². The molecule has 2 unspecified atom stereocenters. The molecule has 1 aliphatic carbocycles. The molecule has 31 heavy (non-hydrogen) atoms. The lowest BCUT2D eigenvalue weighted by molar-refractivity contribution is 0.0824. The number of alkyl halides is 1. The summed E-state index contributed by atoms with van der Waals surface area (Å²) in [6.07, 6.45) is 4.16. The van der Waals surface area contributed by atoms with Crippen LogP contribution in [0.3, 0.4) is 0 Å². The fourth-order valence-electron chi connectivity index (χ4n) is 3.98. The lowest BCUT2D eigenvalue weighted by Gasteiger charge is -2.30. The average molecular weight is 421 g/mol. The Labute approximate surface area is 176 Å². The number of hydrogen-bond donors (Lipinski definition) is 1. The smallest absolute Gasteiger partial charge is 0.255 e. The summed E-state index contributed by atoms with van der Waals surface area (Å²) in [7, 11) is 0. The minimum absolute atomic E-state index is 0.335. The zero-order chi connectivity index (χ0) is 21.7. The van der Waals surface area contributed by atoms with Crippen LogP contribution in [-0.4, -0.2) is 34.0 Å². The zero-order valence-electron chi connectivity index (χ0n) is 17.0. The van der Waals surface area contributed by atoms with Gasteiger partial charge in [0.15, 0.2) is 12.0 Å². The van der Waals surface area contributed by atoms with Gasteiger partial charge in [0.25, 0.3) is 5.91 Å². The van der Waals surface area contributed by atoms with E-state index in [1.807, 2.05) is 6.92 Å². The molecule has 158 valence electrons. The van der Waals surface area contributed by atoms with Gasteiger partial charge in [-0.1, -0.05) is 0 Å². The van der Waals surface area contributed by atoms with Gasteiger partial charge in [0, 0.05) is 29.3 Å². The minimum atomic E-state index is -0.989. The molecule has 8 heteroatoms. The molecule has 0 spiro atoms. The number of furan rings is 1. The second kappa shape index (κ2) is 7.23. The van der Waals surface area contributed by atoms with E-state index in [2.05, 4.69) is 10.4 Å². The van der Waals surface area contributed by atoms with E-state index in [0.717, 1.165) is 11.8 Å². The van der Waals surface area contributed by atoms with E-state index < -0.39 is 12.2 Å². The molecular weight excluding hydrogens is 401 g/mol. The van der Waals surface area contributed by atoms with E-state index in [1.165, 1.54) is 0 Å². The molecule has 1 N–H and O–H groups in total. The van der Waals surface area contributed by atoms with Gasteiger partial charge in [0.2, 0.25) is 0 Å². The van der Waals surface area contributed by atoms with E-state index in [9.17, 15) is 14.0 Å². The Hall–Kier alpha value is -3.68. The lowest BCUT2D eigenvalue weighted by Crippen LogP contribution is -2.48. The fraction of sp³-hybridized carbons (Fsp3) is 0.261. The van der Waals surface area contributed by atoms with Gasteiger partial charge in [0.05, 0.1) is 17.8 Å². The summed E-state index contributed by atoms with van der Waals surface area (Å²) in [5, 5.41) is 7.61. The van der Waals surface area contributed by atoms with Gasteiger partial charge in [-0.05, 0) is 44.4 Å². The number of fused-ring (bicyclic) bond motifs is 2. The Bertz CT molecular complexity index is 1340. The van der Waals surface area contributed by atoms with Crippen LogP contribution < -0.4 is 10.1 Å². The molecule has 2 atom stereocenters. The summed E-state index contributed by atoms with van der Waals surface area (Å²) in [6.45, 7) is 3.54. The molecule has 1 saturated carbocycles. The highest BCUT2D eigenvalue weighted by Crippen LogP contribution is 2.34. The third kappa shape index (κ3) is 3.15. The number of benzene rings is 1. The maximum atomic E-state index is 13.5. The van der Waals surface area contributed by atoms with E-state index in [4.69, 9.17) is 9.15 Å². The highest BCUT2D eigenvalue weighted by atomic mass is 19.1. The third-order valence-electron chi connectivity index (χ3n) is 5.85. The Morgan fingerprint density at radius 1 is 1.32 bits per heavy atom. The highest BCUT2D eigenvalue weighted by molar-refractivity contribution is 6.07. The van der Waals surface area contributed by atoms with E-state index in [0.29, 0.717) is 57.7 Å². The SMILES string of the molecule is Cc1oc2cc(Oc3ccnn4cc(C=O)c(C)c34)ccc2c1C(=O)NC1CCC1F. The first-order valence-electron chi connectivity index (χ1n) is 10.0. The van der Waals surface area contributed by atoms with Crippen LogP contribution in [0.1, 0.15) is 44.9 Å². The average Bonchev–Trinajstić information content (AvgIpc) is 3.26. The van der Waals surface area contributed by atoms with Gasteiger partial charge in [-0.3, -0.25) is 9.59 Å². The Kier molecular flexibility index (Phi) is 4.50. The largest absolute Gasteiger partial charge is 0.460 e. The summed E-state index contributed by atoms with van der Waals surface area (Å²) in [5.41, 5.74) is 2.91. The first-order valence-corrected chi connectivity index (χ1v) is 10.0. The summed E-state index contributed by atoms with van der Waals surface area (Å²) in [4.78, 5) is 23.9. The molecule has 0 radical (unpaired) electrons. The molecule has 1 aromatic carbocycles. The van der Waals surface area contributed by atoms with Gasteiger partial charge >= 0.3 is 0 Å². The van der Waals surface area contributed by atoms with Crippen LogP contribution in [0, 0.1) is 13.8 Å². The molecular formula is C23H20FN3O4. The van der Waals surface area contributed by atoms with Crippen LogP contribution in [-0.2, 0) is 0 Å². The number of carbonyl (C=O) groups is 2. The second-order valence-corrected chi connectivity index (χ2v) is 7.78. The van der Waals surface area contributed by atoms with Crippen molar-refractivity contribution in [3.8, 4) is 11.5 Å². The number of carbonyl (C=O) groups excluding carboxylic acids is 2. The van der Waals surface area contributed by atoms with E-state index >= 15 is 0 Å². The van der Waals surface area contributed by atoms with Crippen molar-refractivity contribution in [1.29, 1.82) is 0 Å². The molecule has 1 aliphatic rings. The van der Waals surface area contributed by atoms with Crippen molar-refractivity contribution in [1.82, 2.24) is 14.9 Å². The first-order chi connectivity index (χ1) is 15.0. The van der Waals surface area contributed by atoms with Gasteiger partial charge in [-0.2, -0.15) is 5.10 Å². The van der Waals surface area contributed by atoms with Crippen LogP contribution in [0.4, 0.5) is 4.39 Å². The second-order valence-electron chi connectivity index (χ2n) is 7.78. The van der Waals surface area contributed by atoms with Crippen molar-refractivity contribution in [3.63, 3.8) is 0 Å². The maximum absolute atomic E-state index is 13.5. The van der Waals surface area contributed by atoms with Crippen LogP contribution in [0.15, 0.2) is 41.1 Å². The van der Waals surface area contributed by atoms with E-state index in [-0.39, 0.29) is 5.91 Å². The monoisotopic (exact) mass is 421 g/mol. The van der Waals surface area contributed by atoms with Crippen molar-refractivity contribution < 1.29 is 23.1 Å². The minimum Gasteiger partial charge on any atom is -0.460 e. The molecule has 0 bridgehead atoms. The molecule has 0 saturated heterocycles. The Morgan fingerprint density at radius 2 is 2.16 bits per heavy atom. The Morgan fingerprint density at radius 3 is 2.87 bits per heavy atom. The molecule has 7 nitrogen and oxygen atoms in total. The number of aryl methyl sites for hydroxylation is 2. The zero-order valence-corrected chi connectivity index (χ0v) is 17.0. The van der Waals surface area contributed by atoms with Gasteiger partial charge in [-0.25, -0.2) is 8.91 Å². The molecule has 3 aromatic heterocycles. The fourth-order valence-corrected chi connectivity index (χ4v) is 3.98. The number of aldehydes is 1. The predicted octanol–water partition coefficient (Wildman–Crippen LogP) is 4.53.